The van der Waals surface area contributed by atoms with Crippen molar-refractivity contribution in [2.75, 3.05) is 0 Å². The third-order valence-corrected chi connectivity index (χ3v) is 12.8. The highest BCUT2D eigenvalue weighted by atomic mass is 16.3. The van der Waals surface area contributed by atoms with Crippen molar-refractivity contribution >= 4 is 55.0 Å². The molecule has 2 unspecified atom stereocenters. The smallest absolute Gasteiger partial charge is 0.136 e. The topological polar surface area (TPSA) is 38.3 Å². The van der Waals surface area contributed by atoms with Crippen LogP contribution in [0.2, 0.25) is 0 Å². The SMILES string of the molecule is C1=CC(C2=CC(c3ccccc3)=CC(c3cccc4oc5ccc(-c6cccc7oc8ccc(C9Cc%10ccccc%10C%10=C9CCC=C%10)cc8c67)cc5c34)N2)=CCC1. The first-order chi connectivity index (χ1) is 28.7. The van der Waals surface area contributed by atoms with Crippen molar-refractivity contribution in [1.82, 2.24) is 5.32 Å². The highest BCUT2D eigenvalue weighted by Gasteiger charge is 2.29. The lowest BCUT2D eigenvalue weighted by atomic mass is 9.72. The van der Waals surface area contributed by atoms with Gasteiger partial charge in [-0.1, -0.05) is 127 Å². The molecule has 12 rings (SSSR count). The summed E-state index contributed by atoms with van der Waals surface area (Å²) in [6.45, 7) is 0. The van der Waals surface area contributed by atoms with Crippen LogP contribution in [0.4, 0.5) is 0 Å². The van der Waals surface area contributed by atoms with Crippen LogP contribution in [0.25, 0.3) is 66.2 Å². The number of hydrogen-bond acceptors (Lipinski definition) is 3. The van der Waals surface area contributed by atoms with E-state index in [0.717, 1.165) is 81.9 Å². The van der Waals surface area contributed by atoms with Gasteiger partial charge in [0.2, 0.25) is 0 Å². The lowest BCUT2D eigenvalue weighted by molar-refractivity contribution is 0.667. The molecule has 2 atom stereocenters. The maximum absolute atomic E-state index is 6.61. The molecule has 0 saturated heterocycles. The molecule has 1 aliphatic heterocycles. The molecule has 0 bridgehead atoms. The molecule has 0 saturated carbocycles. The molecular weight excluding hydrogens is 707 g/mol. The van der Waals surface area contributed by atoms with Gasteiger partial charge in [-0.2, -0.15) is 0 Å². The Balaban J connectivity index is 0.991. The molecule has 278 valence electrons. The molecule has 0 amide bonds. The minimum atomic E-state index is -0.0544. The van der Waals surface area contributed by atoms with Gasteiger partial charge in [-0.15, -0.1) is 0 Å². The van der Waals surface area contributed by atoms with Gasteiger partial charge in [-0.3, -0.25) is 0 Å². The van der Waals surface area contributed by atoms with Crippen molar-refractivity contribution in [2.45, 2.75) is 44.1 Å². The molecule has 1 N–H and O–H groups in total. The molecule has 6 aromatic carbocycles. The fourth-order valence-corrected chi connectivity index (χ4v) is 10.1. The van der Waals surface area contributed by atoms with Crippen LogP contribution in [0.3, 0.4) is 0 Å². The van der Waals surface area contributed by atoms with Crippen LogP contribution in [0, 0.1) is 0 Å². The molecule has 0 radical (unpaired) electrons. The summed E-state index contributed by atoms with van der Waals surface area (Å²) in [7, 11) is 0. The van der Waals surface area contributed by atoms with Gasteiger partial charge < -0.3 is 14.2 Å². The zero-order chi connectivity index (χ0) is 38.2. The molecule has 58 heavy (non-hydrogen) atoms. The molecule has 3 nitrogen and oxygen atoms in total. The summed E-state index contributed by atoms with van der Waals surface area (Å²) in [5.74, 6) is 0.342. The van der Waals surface area contributed by atoms with Gasteiger partial charge in [0, 0.05) is 33.2 Å². The van der Waals surface area contributed by atoms with Gasteiger partial charge in [0.15, 0.2) is 0 Å². The Morgan fingerprint density at radius 2 is 1.34 bits per heavy atom. The number of allylic oxidation sites excluding steroid dienone is 9. The van der Waals surface area contributed by atoms with E-state index in [9.17, 15) is 0 Å². The minimum Gasteiger partial charge on any atom is -0.456 e. The number of furan rings is 2. The van der Waals surface area contributed by atoms with Gasteiger partial charge in [0.05, 0.1) is 6.04 Å². The normalized spacial score (nSPS) is 18.9. The largest absolute Gasteiger partial charge is 0.456 e. The fraction of sp³-hybridized carbons (Fsp3) is 0.127. The summed E-state index contributed by atoms with van der Waals surface area (Å²) in [4.78, 5) is 0. The summed E-state index contributed by atoms with van der Waals surface area (Å²) < 4.78 is 13.2. The van der Waals surface area contributed by atoms with Crippen molar-refractivity contribution in [1.29, 1.82) is 0 Å². The van der Waals surface area contributed by atoms with Gasteiger partial charge in [0.1, 0.15) is 22.3 Å². The van der Waals surface area contributed by atoms with E-state index in [-0.39, 0.29) is 6.04 Å². The molecule has 0 spiro atoms. The van der Waals surface area contributed by atoms with Crippen molar-refractivity contribution in [3.63, 3.8) is 0 Å². The molecule has 4 aliphatic rings. The number of dihydropyridines is 1. The Morgan fingerprint density at radius 1 is 0.569 bits per heavy atom. The van der Waals surface area contributed by atoms with Crippen LogP contribution in [0.1, 0.15) is 65.5 Å². The Morgan fingerprint density at radius 3 is 2.22 bits per heavy atom. The molecular formula is C55H41NO2. The van der Waals surface area contributed by atoms with E-state index in [1.165, 1.54) is 55.5 Å². The van der Waals surface area contributed by atoms with Crippen LogP contribution in [-0.4, -0.2) is 0 Å². The molecule has 3 heterocycles. The molecule has 3 heteroatoms. The summed E-state index contributed by atoms with van der Waals surface area (Å²) in [6, 6.07) is 46.2. The first kappa shape index (κ1) is 33.3. The average Bonchev–Trinajstić information content (AvgIpc) is 3.87. The maximum Gasteiger partial charge on any atom is 0.136 e. The second-order valence-corrected chi connectivity index (χ2v) is 16.2. The van der Waals surface area contributed by atoms with Gasteiger partial charge in [-0.25, -0.2) is 0 Å². The summed E-state index contributed by atoms with van der Waals surface area (Å²) >= 11 is 0. The van der Waals surface area contributed by atoms with Crippen LogP contribution < -0.4 is 5.32 Å². The van der Waals surface area contributed by atoms with Crippen molar-refractivity contribution < 1.29 is 8.83 Å². The third-order valence-electron chi connectivity index (χ3n) is 12.8. The van der Waals surface area contributed by atoms with Crippen LogP contribution in [0.15, 0.2) is 196 Å². The summed E-state index contributed by atoms with van der Waals surface area (Å²) in [5, 5.41) is 8.52. The van der Waals surface area contributed by atoms with Gasteiger partial charge >= 0.3 is 0 Å². The second-order valence-electron chi connectivity index (χ2n) is 16.2. The van der Waals surface area contributed by atoms with E-state index >= 15 is 0 Å². The molecule has 3 aliphatic carbocycles. The number of fused-ring (bicyclic) bond motifs is 8. The Kier molecular flexibility index (Phi) is 7.69. The highest BCUT2D eigenvalue weighted by Crippen LogP contribution is 2.47. The molecule has 8 aromatic rings. The monoisotopic (exact) mass is 747 g/mol. The number of rotatable bonds is 5. The van der Waals surface area contributed by atoms with E-state index in [0.29, 0.717) is 5.92 Å². The van der Waals surface area contributed by atoms with Crippen LogP contribution in [0.5, 0.6) is 0 Å². The van der Waals surface area contributed by atoms with Crippen molar-refractivity contribution in [3.8, 4) is 11.1 Å². The Bertz CT molecular complexity index is 3180. The van der Waals surface area contributed by atoms with Crippen LogP contribution in [-0.2, 0) is 6.42 Å². The quantitative estimate of drug-likeness (QED) is 0.191. The molecule has 0 fully saturated rings. The van der Waals surface area contributed by atoms with E-state index < -0.39 is 0 Å². The lowest BCUT2D eigenvalue weighted by Crippen LogP contribution is -2.24. The fourth-order valence-electron chi connectivity index (χ4n) is 10.1. The summed E-state index contributed by atoms with van der Waals surface area (Å²) in [5.41, 5.74) is 19.1. The average molecular weight is 748 g/mol. The first-order valence-electron chi connectivity index (χ1n) is 20.7. The maximum atomic E-state index is 6.61. The Hall–Kier alpha value is -6.84. The third kappa shape index (κ3) is 5.41. The predicted molar refractivity (Wildman–Crippen MR) is 239 cm³/mol. The number of hydrogen-bond donors (Lipinski definition) is 1. The number of benzene rings is 6. The van der Waals surface area contributed by atoms with Gasteiger partial charge in [0.25, 0.3) is 0 Å². The second kappa shape index (κ2) is 13.4. The molecule has 2 aromatic heterocycles. The summed E-state index contributed by atoms with van der Waals surface area (Å²) in [6.07, 6.45) is 21.6. The first-order valence-corrected chi connectivity index (χ1v) is 20.7. The zero-order valence-electron chi connectivity index (χ0n) is 32.2. The highest BCUT2D eigenvalue weighted by molar-refractivity contribution is 6.14. The van der Waals surface area contributed by atoms with E-state index in [1.54, 1.807) is 5.57 Å². The number of nitrogens with one attached hydrogen (secondary N) is 1. The minimum absolute atomic E-state index is 0.0544. The van der Waals surface area contributed by atoms with Crippen LogP contribution >= 0.6 is 0 Å². The Labute approximate surface area is 337 Å². The van der Waals surface area contributed by atoms with E-state index in [1.807, 2.05) is 0 Å². The standard InChI is InChI=1S/C55H41NO2/c1-3-13-34(14-4-1)39-32-48(35-15-5-2-6-16-35)56-49(33-39)44-22-12-24-53-55(44)47-30-37(25-27-51(47)58-53)41-21-11-23-52-54(41)46-31-38(26-28-50(46)57-52)45-29-36-17-7-8-18-40(36)42-19-9-10-20-43(42)45/h1,3-5,7-9,11-19,21-28,30-33,45,49,56H,2,6,10,20,29H2. The zero-order valence-corrected chi connectivity index (χ0v) is 32.2. The lowest BCUT2D eigenvalue weighted by Gasteiger charge is -2.32. The predicted octanol–water partition coefficient (Wildman–Crippen LogP) is 14.5. The van der Waals surface area contributed by atoms with Crippen molar-refractivity contribution in [2.24, 2.45) is 0 Å². The van der Waals surface area contributed by atoms with Crippen molar-refractivity contribution in [3.05, 3.63) is 215 Å². The van der Waals surface area contributed by atoms with E-state index in [2.05, 4.69) is 175 Å². The van der Waals surface area contributed by atoms with E-state index in [4.69, 9.17) is 8.83 Å². The van der Waals surface area contributed by atoms with Gasteiger partial charge in [-0.05, 0) is 136 Å².